The Balaban J connectivity index is 0.00000289. The van der Waals surface area contributed by atoms with Crippen molar-refractivity contribution in [2.24, 2.45) is 4.99 Å². The first-order chi connectivity index (χ1) is 15.3. The van der Waals surface area contributed by atoms with Crippen molar-refractivity contribution in [2.45, 2.75) is 63.6 Å². The lowest BCUT2D eigenvalue weighted by Gasteiger charge is -2.43. The lowest BCUT2D eigenvalue weighted by molar-refractivity contribution is -0.0139. The number of halogens is 1. The van der Waals surface area contributed by atoms with E-state index in [1.807, 2.05) is 0 Å². The molecule has 4 rings (SSSR count). The molecule has 3 aliphatic heterocycles. The maximum Gasteiger partial charge on any atom is 0.191 e. The number of likely N-dealkylation sites (tertiary alicyclic amines) is 2. The van der Waals surface area contributed by atoms with Gasteiger partial charge in [0.05, 0.1) is 6.54 Å². The Hall–Kier alpha value is -0.900. The fraction of sp³-hybridized carbons (Fsp3) is 0.720. The zero-order chi connectivity index (χ0) is 21.4. The van der Waals surface area contributed by atoms with Crippen molar-refractivity contribution in [2.75, 3.05) is 52.5 Å². The minimum absolute atomic E-state index is 0. The second kappa shape index (κ2) is 13.1. The van der Waals surface area contributed by atoms with E-state index in [4.69, 9.17) is 9.73 Å². The molecular weight excluding hydrogens is 513 g/mol. The number of piperidine rings is 1. The van der Waals surface area contributed by atoms with E-state index in [1.165, 1.54) is 50.9 Å². The summed E-state index contributed by atoms with van der Waals surface area (Å²) >= 11 is 0. The zero-order valence-electron chi connectivity index (χ0n) is 19.7. The van der Waals surface area contributed by atoms with Crippen molar-refractivity contribution in [3.63, 3.8) is 0 Å². The van der Waals surface area contributed by atoms with Crippen LogP contribution in [0, 0.1) is 0 Å². The minimum Gasteiger partial charge on any atom is -0.381 e. The van der Waals surface area contributed by atoms with Crippen molar-refractivity contribution in [1.82, 2.24) is 20.4 Å². The Morgan fingerprint density at radius 3 is 2.56 bits per heavy atom. The SMILES string of the molecule is CCNC(=NCC1(N2CCCC2)CCOCC1)NC1CCCN(Cc2ccccc2)C1.I. The summed E-state index contributed by atoms with van der Waals surface area (Å²) in [7, 11) is 0. The lowest BCUT2D eigenvalue weighted by atomic mass is 9.88. The quantitative estimate of drug-likeness (QED) is 0.307. The van der Waals surface area contributed by atoms with Gasteiger partial charge in [0, 0.05) is 44.4 Å². The smallest absolute Gasteiger partial charge is 0.191 e. The van der Waals surface area contributed by atoms with Crippen LogP contribution < -0.4 is 10.6 Å². The molecule has 0 radical (unpaired) electrons. The van der Waals surface area contributed by atoms with E-state index in [2.05, 4.69) is 57.7 Å². The van der Waals surface area contributed by atoms with Gasteiger partial charge in [-0.05, 0) is 70.6 Å². The van der Waals surface area contributed by atoms with E-state index in [1.54, 1.807) is 0 Å². The topological polar surface area (TPSA) is 52.1 Å². The number of rotatable bonds is 7. The standard InChI is InChI=1S/C25H41N5O.HI/c1-2-26-24(27-21-25(12-17-31-18-13-25)30-15-6-7-16-30)28-23-11-8-14-29(20-23)19-22-9-4-3-5-10-22;/h3-5,9-10,23H,2,6-8,11-21H2,1H3,(H2,26,27,28);1H. The van der Waals surface area contributed by atoms with Gasteiger partial charge in [0.2, 0.25) is 0 Å². The molecule has 2 N–H and O–H groups in total. The van der Waals surface area contributed by atoms with E-state index in [-0.39, 0.29) is 29.5 Å². The highest BCUT2D eigenvalue weighted by Crippen LogP contribution is 2.31. The molecule has 3 aliphatic rings. The average Bonchev–Trinajstić information content (AvgIpc) is 3.35. The number of ether oxygens (including phenoxy) is 1. The number of benzene rings is 1. The Bertz CT molecular complexity index is 689. The number of aliphatic imine (C=N–C) groups is 1. The molecule has 1 aromatic rings. The van der Waals surface area contributed by atoms with Gasteiger partial charge in [0.1, 0.15) is 0 Å². The molecule has 0 amide bonds. The van der Waals surface area contributed by atoms with Crippen molar-refractivity contribution in [3.8, 4) is 0 Å². The number of hydrogen-bond acceptors (Lipinski definition) is 4. The summed E-state index contributed by atoms with van der Waals surface area (Å²) in [6.45, 7) is 11.4. The van der Waals surface area contributed by atoms with Crippen LogP contribution in [0.3, 0.4) is 0 Å². The monoisotopic (exact) mass is 555 g/mol. The summed E-state index contributed by atoms with van der Waals surface area (Å²) in [5, 5.41) is 7.28. The fourth-order valence-electron chi connectivity index (χ4n) is 5.42. The fourth-order valence-corrected chi connectivity index (χ4v) is 5.42. The van der Waals surface area contributed by atoms with Crippen LogP contribution in [0.1, 0.15) is 51.0 Å². The van der Waals surface area contributed by atoms with Crippen molar-refractivity contribution < 1.29 is 4.74 Å². The summed E-state index contributed by atoms with van der Waals surface area (Å²) in [6, 6.07) is 11.3. The van der Waals surface area contributed by atoms with E-state index >= 15 is 0 Å². The van der Waals surface area contributed by atoms with E-state index in [0.29, 0.717) is 6.04 Å². The first-order valence-electron chi connectivity index (χ1n) is 12.4. The third-order valence-electron chi connectivity index (χ3n) is 7.17. The molecule has 1 aromatic carbocycles. The molecule has 0 spiro atoms. The molecular formula is C25H42IN5O. The van der Waals surface area contributed by atoms with Crippen molar-refractivity contribution >= 4 is 29.9 Å². The number of hydrogen-bond donors (Lipinski definition) is 2. The highest BCUT2D eigenvalue weighted by Gasteiger charge is 2.39. The van der Waals surface area contributed by atoms with Crippen LogP contribution in [-0.2, 0) is 11.3 Å². The van der Waals surface area contributed by atoms with Crippen LogP contribution in [0.4, 0.5) is 0 Å². The first-order valence-corrected chi connectivity index (χ1v) is 12.4. The first kappa shape index (κ1) is 25.7. The lowest BCUT2D eigenvalue weighted by Crippen LogP contribution is -2.55. The number of nitrogens with one attached hydrogen (secondary N) is 2. The summed E-state index contributed by atoms with van der Waals surface area (Å²) in [5.74, 6) is 0.985. The normalized spacial score (nSPS) is 24.7. The summed E-state index contributed by atoms with van der Waals surface area (Å²) in [6.07, 6.45) is 7.29. The van der Waals surface area contributed by atoms with Crippen LogP contribution in [0.25, 0.3) is 0 Å². The van der Waals surface area contributed by atoms with Crippen LogP contribution in [0.2, 0.25) is 0 Å². The van der Waals surface area contributed by atoms with Crippen molar-refractivity contribution in [3.05, 3.63) is 35.9 Å². The molecule has 3 saturated heterocycles. The van der Waals surface area contributed by atoms with Crippen LogP contribution in [0.15, 0.2) is 35.3 Å². The zero-order valence-corrected chi connectivity index (χ0v) is 22.1. The van der Waals surface area contributed by atoms with Gasteiger partial charge in [-0.3, -0.25) is 14.8 Å². The van der Waals surface area contributed by atoms with Gasteiger partial charge in [0.15, 0.2) is 5.96 Å². The van der Waals surface area contributed by atoms with E-state index < -0.39 is 0 Å². The van der Waals surface area contributed by atoms with Gasteiger partial charge in [-0.15, -0.1) is 24.0 Å². The number of guanidine groups is 1. The molecule has 6 nitrogen and oxygen atoms in total. The molecule has 0 aromatic heterocycles. The molecule has 180 valence electrons. The number of nitrogens with zero attached hydrogens (tertiary/aromatic N) is 3. The second-order valence-corrected chi connectivity index (χ2v) is 9.43. The minimum atomic E-state index is 0. The summed E-state index contributed by atoms with van der Waals surface area (Å²) < 4.78 is 5.71. The maximum absolute atomic E-state index is 5.71. The van der Waals surface area contributed by atoms with Crippen LogP contribution in [0.5, 0.6) is 0 Å². The highest BCUT2D eigenvalue weighted by molar-refractivity contribution is 14.0. The summed E-state index contributed by atoms with van der Waals surface area (Å²) in [5.41, 5.74) is 1.58. The molecule has 3 heterocycles. The molecule has 0 saturated carbocycles. The molecule has 1 atom stereocenters. The Morgan fingerprint density at radius 1 is 1.09 bits per heavy atom. The van der Waals surface area contributed by atoms with Gasteiger partial charge in [-0.1, -0.05) is 30.3 Å². The highest BCUT2D eigenvalue weighted by atomic mass is 127. The van der Waals surface area contributed by atoms with Crippen LogP contribution >= 0.6 is 24.0 Å². The second-order valence-electron chi connectivity index (χ2n) is 9.43. The largest absolute Gasteiger partial charge is 0.381 e. The predicted molar refractivity (Wildman–Crippen MR) is 143 cm³/mol. The Kier molecular flexibility index (Phi) is 10.5. The third kappa shape index (κ3) is 7.05. The maximum atomic E-state index is 5.71. The van der Waals surface area contributed by atoms with E-state index in [0.717, 1.165) is 58.2 Å². The molecule has 32 heavy (non-hydrogen) atoms. The molecule has 0 aliphatic carbocycles. The Morgan fingerprint density at radius 2 is 1.84 bits per heavy atom. The predicted octanol–water partition coefficient (Wildman–Crippen LogP) is 3.47. The van der Waals surface area contributed by atoms with Gasteiger partial charge in [-0.2, -0.15) is 0 Å². The van der Waals surface area contributed by atoms with Gasteiger partial charge in [0.25, 0.3) is 0 Å². The average molecular weight is 556 g/mol. The van der Waals surface area contributed by atoms with Gasteiger partial charge < -0.3 is 15.4 Å². The van der Waals surface area contributed by atoms with Crippen molar-refractivity contribution in [1.29, 1.82) is 0 Å². The third-order valence-corrected chi connectivity index (χ3v) is 7.17. The molecule has 1 unspecified atom stereocenters. The molecule has 3 fully saturated rings. The van der Waals surface area contributed by atoms with E-state index in [9.17, 15) is 0 Å². The molecule has 0 bridgehead atoms. The Labute approximate surface area is 211 Å². The van der Waals surface area contributed by atoms with Crippen LogP contribution in [-0.4, -0.2) is 79.8 Å². The molecule has 7 heteroatoms. The summed E-state index contributed by atoms with van der Waals surface area (Å²) in [4.78, 5) is 10.4. The van der Waals surface area contributed by atoms with Gasteiger partial charge in [-0.25, -0.2) is 0 Å². The van der Waals surface area contributed by atoms with Gasteiger partial charge >= 0.3 is 0 Å².